The van der Waals surface area contributed by atoms with E-state index in [1.54, 1.807) is 6.07 Å². The Morgan fingerprint density at radius 1 is 0.966 bits per heavy atom. The maximum absolute atomic E-state index is 13.6. The second kappa shape index (κ2) is 9.05. The number of anilines is 3. The molecule has 3 heterocycles. The molecule has 2 aliphatic heterocycles. The summed E-state index contributed by atoms with van der Waals surface area (Å²) >= 11 is 0. The first-order chi connectivity index (χ1) is 14.0. The van der Waals surface area contributed by atoms with Gasteiger partial charge in [-0.1, -0.05) is 6.07 Å². The van der Waals surface area contributed by atoms with E-state index in [9.17, 15) is 4.39 Å². The molecule has 0 saturated carbocycles. The van der Waals surface area contributed by atoms with Crippen molar-refractivity contribution >= 4 is 17.3 Å². The van der Waals surface area contributed by atoms with E-state index < -0.39 is 0 Å². The highest BCUT2D eigenvalue weighted by Crippen LogP contribution is 2.27. The third-order valence-corrected chi connectivity index (χ3v) is 5.81. The summed E-state index contributed by atoms with van der Waals surface area (Å²) in [5, 5.41) is 6.89. The summed E-state index contributed by atoms with van der Waals surface area (Å²) in [6.07, 6.45) is 4.58. The van der Waals surface area contributed by atoms with Crippen molar-refractivity contribution in [3.05, 3.63) is 42.0 Å². The molecule has 29 heavy (non-hydrogen) atoms. The molecule has 2 N–H and O–H groups in total. The molecule has 7 heteroatoms. The molecular formula is C22H31FN6. The largest absolute Gasteiger partial charge is 0.366 e. The number of nitrogens with one attached hydrogen (secondary N) is 2. The molecule has 0 amide bonds. The summed E-state index contributed by atoms with van der Waals surface area (Å²) in [5.41, 5.74) is 0.693. The van der Waals surface area contributed by atoms with Crippen LogP contribution in [-0.4, -0.2) is 66.1 Å². The van der Waals surface area contributed by atoms with Crippen molar-refractivity contribution in [2.24, 2.45) is 0 Å². The fourth-order valence-corrected chi connectivity index (χ4v) is 4.37. The minimum Gasteiger partial charge on any atom is -0.366 e. The Kier molecular flexibility index (Phi) is 6.25. The van der Waals surface area contributed by atoms with Gasteiger partial charge in [-0.15, -0.1) is 0 Å². The van der Waals surface area contributed by atoms with Gasteiger partial charge >= 0.3 is 0 Å². The molecular weight excluding hydrogens is 367 g/mol. The number of likely N-dealkylation sites (N-methyl/N-ethyl adjacent to an activating group) is 2. The lowest BCUT2D eigenvalue weighted by Gasteiger charge is -2.31. The average molecular weight is 399 g/mol. The Bertz CT molecular complexity index is 829. The van der Waals surface area contributed by atoms with Gasteiger partial charge in [-0.25, -0.2) is 14.4 Å². The number of piperidine rings is 2. The maximum atomic E-state index is 13.6. The van der Waals surface area contributed by atoms with Crippen LogP contribution in [0.3, 0.4) is 0 Å². The van der Waals surface area contributed by atoms with Crippen LogP contribution >= 0.6 is 0 Å². The van der Waals surface area contributed by atoms with Gasteiger partial charge in [0.25, 0.3) is 0 Å². The van der Waals surface area contributed by atoms with Gasteiger partial charge in [0.05, 0.1) is 0 Å². The van der Waals surface area contributed by atoms with Gasteiger partial charge in [0.1, 0.15) is 23.3 Å². The molecule has 1 aromatic heterocycles. The van der Waals surface area contributed by atoms with Crippen LogP contribution in [0.2, 0.25) is 0 Å². The van der Waals surface area contributed by atoms with E-state index in [0.29, 0.717) is 23.5 Å². The lowest BCUT2D eigenvalue weighted by Crippen LogP contribution is -2.40. The minimum absolute atomic E-state index is 0.262. The zero-order valence-corrected chi connectivity index (χ0v) is 17.4. The third-order valence-electron chi connectivity index (χ3n) is 5.81. The maximum Gasteiger partial charge on any atom is 0.137 e. The fraction of sp³-hybridized carbons (Fsp3) is 0.545. The molecule has 2 fully saturated rings. The van der Waals surface area contributed by atoms with E-state index in [0.717, 1.165) is 57.1 Å². The number of halogens is 1. The predicted octanol–water partition coefficient (Wildman–Crippen LogP) is 3.67. The second-order valence-electron chi connectivity index (χ2n) is 8.48. The predicted molar refractivity (Wildman–Crippen MR) is 115 cm³/mol. The Morgan fingerprint density at radius 3 is 2.48 bits per heavy atom. The van der Waals surface area contributed by atoms with Crippen LogP contribution in [0.25, 0.3) is 0 Å². The summed E-state index contributed by atoms with van der Waals surface area (Å²) < 4.78 is 13.6. The first-order valence-corrected chi connectivity index (χ1v) is 10.6. The number of benzene rings is 1. The van der Waals surface area contributed by atoms with Crippen LogP contribution in [-0.2, 0) is 0 Å². The molecule has 0 radical (unpaired) electrons. The summed E-state index contributed by atoms with van der Waals surface area (Å²) in [5.74, 6) is 2.48. The van der Waals surface area contributed by atoms with Crippen LogP contribution in [0.5, 0.6) is 0 Å². The summed E-state index contributed by atoms with van der Waals surface area (Å²) in [7, 11) is 4.31. The number of likely N-dealkylation sites (tertiary alicyclic amines) is 2. The van der Waals surface area contributed by atoms with Crippen molar-refractivity contribution in [1.29, 1.82) is 0 Å². The Labute approximate surface area is 172 Å². The Morgan fingerprint density at radius 2 is 1.72 bits per heavy atom. The molecule has 156 valence electrons. The van der Waals surface area contributed by atoms with Crippen LogP contribution in [0.15, 0.2) is 30.3 Å². The van der Waals surface area contributed by atoms with E-state index in [1.807, 2.05) is 12.1 Å². The third kappa shape index (κ3) is 5.42. The molecule has 0 bridgehead atoms. The Hall–Kier alpha value is -2.25. The topological polar surface area (TPSA) is 56.3 Å². The minimum atomic E-state index is -0.262. The Balaban J connectivity index is 1.59. The molecule has 6 nitrogen and oxygen atoms in total. The number of aromatic nitrogens is 2. The monoisotopic (exact) mass is 398 g/mol. The molecule has 2 aromatic rings. The van der Waals surface area contributed by atoms with Gasteiger partial charge in [-0.3, -0.25) is 0 Å². The molecule has 2 unspecified atom stereocenters. The molecule has 0 aliphatic carbocycles. The van der Waals surface area contributed by atoms with Gasteiger partial charge in [-0.2, -0.15) is 0 Å². The van der Waals surface area contributed by atoms with E-state index >= 15 is 0 Å². The standard InChI is InChI=1S/C22H31FN6/c1-28-10-4-6-16(14-28)22-26-20(24-18-8-3-7-17(23)12-18)13-21(27-22)25-19-9-5-11-29(2)15-19/h3,7-8,12-13,16,19H,4-6,9-11,14-15H2,1-2H3,(H2,24,25,26,27). The lowest BCUT2D eigenvalue weighted by molar-refractivity contribution is 0.246. The lowest BCUT2D eigenvalue weighted by atomic mass is 9.97. The SMILES string of the molecule is CN1CCCC(Nc2cc(Nc3cccc(F)c3)nc(C3CCCN(C)C3)n2)C1. The number of hydrogen-bond donors (Lipinski definition) is 2. The van der Waals surface area contributed by atoms with Crippen molar-refractivity contribution < 1.29 is 4.39 Å². The zero-order valence-electron chi connectivity index (χ0n) is 17.4. The van der Waals surface area contributed by atoms with Crippen molar-refractivity contribution in [2.75, 3.05) is 50.9 Å². The van der Waals surface area contributed by atoms with Crippen LogP contribution < -0.4 is 10.6 Å². The van der Waals surface area contributed by atoms with Gasteiger partial charge in [-0.05, 0) is 71.1 Å². The van der Waals surface area contributed by atoms with E-state index in [4.69, 9.17) is 9.97 Å². The van der Waals surface area contributed by atoms with E-state index in [-0.39, 0.29) is 5.82 Å². The highest BCUT2D eigenvalue weighted by atomic mass is 19.1. The van der Waals surface area contributed by atoms with Crippen molar-refractivity contribution in [2.45, 2.75) is 37.6 Å². The molecule has 0 spiro atoms. The van der Waals surface area contributed by atoms with Crippen LogP contribution in [0.4, 0.5) is 21.7 Å². The normalized spacial score (nSPS) is 23.7. The smallest absolute Gasteiger partial charge is 0.137 e. The highest BCUT2D eigenvalue weighted by molar-refractivity contribution is 5.59. The molecule has 1 aromatic carbocycles. The average Bonchev–Trinajstić information content (AvgIpc) is 2.68. The van der Waals surface area contributed by atoms with Gasteiger partial charge in [0.15, 0.2) is 0 Å². The summed E-state index contributed by atoms with van der Waals surface area (Å²) in [6.45, 7) is 4.25. The van der Waals surface area contributed by atoms with Gasteiger partial charge in [0.2, 0.25) is 0 Å². The fourth-order valence-electron chi connectivity index (χ4n) is 4.37. The summed E-state index contributed by atoms with van der Waals surface area (Å²) in [4.78, 5) is 14.4. The van der Waals surface area contributed by atoms with Crippen LogP contribution in [0, 0.1) is 5.82 Å². The first kappa shape index (κ1) is 20.0. The highest BCUT2D eigenvalue weighted by Gasteiger charge is 2.23. The quantitative estimate of drug-likeness (QED) is 0.801. The summed E-state index contributed by atoms with van der Waals surface area (Å²) in [6, 6.07) is 8.80. The zero-order chi connectivity index (χ0) is 20.2. The number of rotatable bonds is 5. The first-order valence-electron chi connectivity index (χ1n) is 10.6. The van der Waals surface area contributed by atoms with Gasteiger partial charge in [0, 0.05) is 36.8 Å². The van der Waals surface area contributed by atoms with E-state index in [1.165, 1.54) is 18.6 Å². The number of nitrogens with zero attached hydrogens (tertiary/aromatic N) is 4. The van der Waals surface area contributed by atoms with Crippen LogP contribution in [0.1, 0.15) is 37.4 Å². The van der Waals surface area contributed by atoms with Crippen molar-refractivity contribution in [3.63, 3.8) is 0 Å². The van der Waals surface area contributed by atoms with Crippen molar-refractivity contribution in [3.8, 4) is 0 Å². The second-order valence-corrected chi connectivity index (χ2v) is 8.48. The molecule has 2 saturated heterocycles. The number of hydrogen-bond acceptors (Lipinski definition) is 6. The molecule has 4 rings (SSSR count). The van der Waals surface area contributed by atoms with E-state index in [2.05, 4.69) is 34.5 Å². The van der Waals surface area contributed by atoms with Gasteiger partial charge < -0.3 is 20.4 Å². The molecule has 2 aliphatic rings. The van der Waals surface area contributed by atoms with Crippen molar-refractivity contribution in [1.82, 2.24) is 19.8 Å². The molecule has 2 atom stereocenters.